The number of rotatable bonds is 2. The molecule has 0 radical (unpaired) electrons. The van der Waals surface area contributed by atoms with Crippen molar-refractivity contribution in [3.05, 3.63) is 12.2 Å². The summed E-state index contributed by atoms with van der Waals surface area (Å²) in [5.74, 6) is 1.08. The molecular weight excluding hydrogens is 140 g/mol. The predicted molar refractivity (Wildman–Crippen MR) is 43.0 cm³/mol. The molecule has 0 bridgehead atoms. The van der Waals surface area contributed by atoms with Gasteiger partial charge in [-0.25, -0.2) is 0 Å². The van der Waals surface area contributed by atoms with Crippen molar-refractivity contribution < 1.29 is 9.53 Å². The zero-order valence-corrected chi connectivity index (χ0v) is 7.04. The summed E-state index contributed by atoms with van der Waals surface area (Å²) < 4.78 is 4.88. The average Bonchev–Trinajstić information content (AvgIpc) is 2.19. The molecule has 2 heteroatoms. The molecule has 0 aromatic carbocycles. The molecule has 0 aliphatic heterocycles. The van der Waals surface area contributed by atoms with Crippen LogP contribution in [0.5, 0.6) is 0 Å². The Bertz CT molecular complexity index is 174. The Morgan fingerprint density at radius 1 is 1.64 bits per heavy atom. The van der Waals surface area contributed by atoms with Crippen LogP contribution in [0.1, 0.15) is 20.3 Å². The van der Waals surface area contributed by atoms with E-state index in [2.05, 4.69) is 20.4 Å². The van der Waals surface area contributed by atoms with Crippen LogP contribution in [0, 0.1) is 11.8 Å². The monoisotopic (exact) mass is 154 g/mol. The molecule has 1 aliphatic carbocycles. The number of carbonyl (C=O) groups excluding carboxylic acids is 1. The second-order valence-corrected chi connectivity index (χ2v) is 3.30. The lowest BCUT2D eigenvalue weighted by Gasteiger charge is -2.09. The first kappa shape index (κ1) is 8.31. The zero-order valence-electron chi connectivity index (χ0n) is 7.04. The smallest absolute Gasteiger partial charge is 0.293 e. The van der Waals surface area contributed by atoms with Crippen LogP contribution in [-0.2, 0) is 9.53 Å². The molecule has 1 saturated carbocycles. The first-order chi connectivity index (χ1) is 5.16. The summed E-state index contributed by atoms with van der Waals surface area (Å²) in [7, 11) is 0. The topological polar surface area (TPSA) is 26.3 Å². The van der Waals surface area contributed by atoms with Gasteiger partial charge in [-0.3, -0.25) is 4.79 Å². The van der Waals surface area contributed by atoms with E-state index in [4.69, 9.17) is 4.74 Å². The molecule has 3 atom stereocenters. The van der Waals surface area contributed by atoms with Gasteiger partial charge in [-0.2, -0.15) is 0 Å². The normalized spacial score (nSPS) is 37.3. The summed E-state index contributed by atoms with van der Waals surface area (Å²) >= 11 is 0. The minimum absolute atomic E-state index is 0.0301. The summed E-state index contributed by atoms with van der Waals surface area (Å²) in [6.45, 7) is 8.70. The lowest BCUT2D eigenvalue weighted by Crippen LogP contribution is -2.09. The number of ether oxygens (including phenoxy) is 1. The van der Waals surface area contributed by atoms with Crippen LogP contribution < -0.4 is 0 Å². The third-order valence-corrected chi connectivity index (χ3v) is 2.66. The van der Waals surface area contributed by atoms with Crippen LogP contribution in [0.4, 0.5) is 0 Å². The minimum atomic E-state index is -0.0301. The van der Waals surface area contributed by atoms with Gasteiger partial charge in [0.2, 0.25) is 0 Å². The fraction of sp³-hybridized carbons (Fsp3) is 0.667. The molecule has 11 heavy (non-hydrogen) atoms. The molecule has 0 aromatic heterocycles. The highest BCUT2D eigenvalue weighted by Crippen LogP contribution is 2.36. The Morgan fingerprint density at radius 2 is 2.27 bits per heavy atom. The van der Waals surface area contributed by atoms with Gasteiger partial charge in [-0.1, -0.05) is 20.4 Å². The van der Waals surface area contributed by atoms with Crippen molar-refractivity contribution in [1.29, 1.82) is 0 Å². The Balaban J connectivity index is 2.59. The molecular formula is C9H14O2. The summed E-state index contributed by atoms with van der Waals surface area (Å²) in [4.78, 5) is 10.1. The summed E-state index contributed by atoms with van der Waals surface area (Å²) in [6.07, 6.45) is 0.899. The summed E-state index contributed by atoms with van der Waals surface area (Å²) in [6, 6.07) is 0. The highest BCUT2D eigenvalue weighted by atomic mass is 16.5. The summed E-state index contributed by atoms with van der Waals surface area (Å²) in [5, 5.41) is 0. The van der Waals surface area contributed by atoms with Crippen LogP contribution >= 0.6 is 0 Å². The van der Waals surface area contributed by atoms with E-state index in [1.54, 1.807) is 0 Å². The highest BCUT2D eigenvalue weighted by Gasteiger charge is 2.32. The van der Waals surface area contributed by atoms with E-state index in [-0.39, 0.29) is 6.10 Å². The van der Waals surface area contributed by atoms with Crippen LogP contribution in [-0.4, -0.2) is 12.6 Å². The molecule has 0 N–H and O–H groups in total. The van der Waals surface area contributed by atoms with Gasteiger partial charge >= 0.3 is 0 Å². The quantitative estimate of drug-likeness (QED) is 0.447. The maximum Gasteiger partial charge on any atom is 0.293 e. The first-order valence-corrected chi connectivity index (χ1v) is 3.94. The predicted octanol–water partition coefficient (Wildman–Crippen LogP) is 1.76. The van der Waals surface area contributed by atoms with Crippen molar-refractivity contribution in [3.63, 3.8) is 0 Å². The molecule has 0 spiro atoms. The lowest BCUT2D eigenvalue weighted by molar-refractivity contribution is -0.131. The van der Waals surface area contributed by atoms with Crippen LogP contribution in [0.15, 0.2) is 12.2 Å². The van der Waals surface area contributed by atoms with Crippen molar-refractivity contribution >= 4 is 6.47 Å². The van der Waals surface area contributed by atoms with E-state index in [0.717, 1.165) is 12.0 Å². The Kier molecular flexibility index (Phi) is 2.32. The highest BCUT2D eigenvalue weighted by molar-refractivity contribution is 5.39. The SMILES string of the molecule is C=C1[C@H](OC=O)C[C@H](C)[C@H]1C. The third kappa shape index (κ3) is 1.44. The third-order valence-electron chi connectivity index (χ3n) is 2.66. The standard InChI is InChI=1S/C9H14O2/c1-6-4-9(11-5-10)8(3)7(6)2/h5-7,9H,3-4H2,1-2H3/t6-,7+,9+/m0/s1. The first-order valence-electron chi connectivity index (χ1n) is 3.94. The molecule has 0 heterocycles. The minimum Gasteiger partial charge on any atom is -0.460 e. The number of hydrogen-bond donors (Lipinski definition) is 0. The molecule has 1 fully saturated rings. The van der Waals surface area contributed by atoms with E-state index >= 15 is 0 Å². The zero-order chi connectivity index (χ0) is 8.43. The lowest BCUT2D eigenvalue weighted by atomic mass is 9.98. The van der Waals surface area contributed by atoms with Gasteiger partial charge in [0.25, 0.3) is 6.47 Å². The Morgan fingerprint density at radius 3 is 2.64 bits per heavy atom. The second-order valence-electron chi connectivity index (χ2n) is 3.30. The molecule has 62 valence electrons. The van der Waals surface area contributed by atoms with Gasteiger partial charge in [0.1, 0.15) is 6.10 Å². The van der Waals surface area contributed by atoms with E-state index in [1.807, 2.05) is 0 Å². The van der Waals surface area contributed by atoms with Crippen molar-refractivity contribution in [2.24, 2.45) is 11.8 Å². The van der Waals surface area contributed by atoms with E-state index < -0.39 is 0 Å². The Labute approximate surface area is 67.2 Å². The Hall–Kier alpha value is -0.790. The fourth-order valence-corrected chi connectivity index (χ4v) is 1.56. The number of carbonyl (C=O) groups is 1. The van der Waals surface area contributed by atoms with Crippen LogP contribution in [0.25, 0.3) is 0 Å². The van der Waals surface area contributed by atoms with Crippen molar-refractivity contribution in [2.75, 3.05) is 0 Å². The van der Waals surface area contributed by atoms with E-state index in [0.29, 0.717) is 18.3 Å². The maximum absolute atomic E-state index is 10.1. The number of hydrogen-bond acceptors (Lipinski definition) is 2. The van der Waals surface area contributed by atoms with Gasteiger partial charge in [-0.05, 0) is 23.8 Å². The van der Waals surface area contributed by atoms with Gasteiger partial charge in [0, 0.05) is 0 Å². The maximum atomic E-state index is 10.1. The van der Waals surface area contributed by atoms with E-state index in [1.165, 1.54) is 0 Å². The molecule has 0 unspecified atom stereocenters. The van der Waals surface area contributed by atoms with Gasteiger partial charge in [-0.15, -0.1) is 0 Å². The molecule has 1 aliphatic rings. The van der Waals surface area contributed by atoms with Gasteiger partial charge < -0.3 is 4.74 Å². The van der Waals surface area contributed by atoms with Crippen molar-refractivity contribution in [2.45, 2.75) is 26.4 Å². The second kappa shape index (κ2) is 3.07. The van der Waals surface area contributed by atoms with Crippen LogP contribution in [0.3, 0.4) is 0 Å². The average molecular weight is 154 g/mol. The molecule has 0 aromatic rings. The fourth-order valence-electron chi connectivity index (χ4n) is 1.56. The largest absolute Gasteiger partial charge is 0.460 e. The molecule has 0 saturated heterocycles. The van der Waals surface area contributed by atoms with Crippen LogP contribution in [0.2, 0.25) is 0 Å². The van der Waals surface area contributed by atoms with Crippen molar-refractivity contribution in [3.8, 4) is 0 Å². The van der Waals surface area contributed by atoms with Gasteiger partial charge in [0.05, 0.1) is 0 Å². The van der Waals surface area contributed by atoms with Crippen molar-refractivity contribution in [1.82, 2.24) is 0 Å². The van der Waals surface area contributed by atoms with Gasteiger partial charge in [0.15, 0.2) is 0 Å². The molecule has 0 amide bonds. The molecule has 2 nitrogen and oxygen atoms in total. The molecule has 1 rings (SSSR count). The van der Waals surface area contributed by atoms with E-state index in [9.17, 15) is 4.79 Å². The summed E-state index contributed by atoms with van der Waals surface area (Å²) in [5.41, 5.74) is 1.06.